The van der Waals surface area contributed by atoms with E-state index in [0.29, 0.717) is 5.41 Å². The van der Waals surface area contributed by atoms with Crippen LogP contribution in [-0.4, -0.2) is 12.1 Å². The van der Waals surface area contributed by atoms with E-state index in [0.717, 1.165) is 6.54 Å². The zero-order valence-electron chi connectivity index (χ0n) is 12.0. The van der Waals surface area contributed by atoms with E-state index in [1.54, 1.807) is 0 Å². The lowest BCUT2D eigenvalue weighted by Crippen LogP contribution is -2.43. The summed E-state index contributed by atoms with van der Waals surface area (Å²) in [6.07, 6.45) is 3.74. The Morgan fingerprint density at radius 2 is 1.94 bits per heavy atom. The normalized spacial score (nSPS) is 15.8. The average molecular weight is 253 g/mol. The van der Waals surface area contributed by atoms with E-state index in [2.05, 4.69) is 57.4 Å². The molecule has 0 radical (unpaired) electrons. The monoisotopic (exact) mass is 253 g/mol. The standard InChI is InChI=1S/C15H27NS/c1-6-9-15(5,12-16-14(2,3)4)11-13-8-7-10-17-13/h7-8,10,16H,6,9,11-12H2,1-5H3. The minimum absolute atomic E-state index is 0.213. The molecule has 2 heteroatoms. The summed E-state index contributed by atoms with van der Waals surface area (Å²) in [6.45, 7) is 12.5. The van der Waals surface area contributed by atoms with Gasteiger partial charge in [0.05, 0.1) is 0 Å². The van der Waals surface area contributed by atoms with Gasteiger partial charge in [0.15, 0.2) is 0 Å². The zero-order valence-corrected chi connectivity index (χ0v) is 12.8. The predicted octanol–water partition coefficient (Wildman–Crippen LogP) is 4.49. The molecule has 0 fully saturated rings. The van der Waals surface area contributed by atoms with Gasteiger partial charge in [0.1, 0.15) is 0 Å². The average Bonchev–Trinajstić information content (AvgIpc) is 2.67. The molecular formula is C15H27NS. The quantitative estimate of drug-likeness (QED) is 0.788. The summed E-state index contributed by atoms with van der Waals surface area (Å²) in [5.74, 6) is 0. The molecule has 1 aromatic rings. The Morgan fingerprint density at radius 3 is 2.41 bits per heavy atom. The van der Waals surface area contributed by atoms with Gasteiger partial charge in [0, 0.05) is 17.0 Å². The Morgan fingerprint density at radius 1 is 1.24 bits per heavy atom. The van der Waals surface area contributed by atoms with Crippen molar-refractivity contribution >= 4 is 11.3 Å². The van der Waals surface area contributed by atoms with Crippen molar-refractivity contribution in [2.24, 2.45) is 5.41 Å². The Balaban J connectivity index is 2.61. The Bertz CT molecular complexity index is 310. The third kappa shape index (κ3) is 5.69. The van der Waals surface area contributed by atoms with Crippen LogP contribution in [0.25, 0.3) is 0 Å². The van der Waals surface area contributed by atoms with Crippen LogP contribution in [0, 0.1) is 5.41 Å². The van der Waals surface area contributed by atoms with E-state index in [9.17, 15) is 0 Å². The van der Waals surface area contributed by atoms with Crippen molar-refractivity contribution < 1.29 is 0 Å². The third-order valence-electron chi connectivity index (χ3n) is 3.08. The smallest absolute Gasteiger partial charge is 0.00967 e. The van der Waals surface area contributed by atoms with Gasteiger partial charge in [0.2, 0.25) is 0 Å². The molecule has 0 bridgehead atoms. The lowest BCUT2D eigenvalue weighted by atomic mass is 9.81. The van der Waals surface area contributed by atoms with Crippen molar-refractivity contribution in [3.05, 3.63) is 22.4 Å². The van der Waals surface area contributed by atoms with Crippen molar-refractivity contribution in [3.63, 3.8) is 0 Å². The number of hydrogen-bond acceptors (Lipinski definition) is 2. The molecule has 0 amide bonds. The first-order chi connectivity index (χ1) is 7.85. The Kier molecular flexibility index (Phi) is 5.21. The maximum absolute atomic E-state index is 3.66. The third-order valence-corrected chi connectivity index (χ3v) is 3.96. The molecule has 1 N–H and O–H groups in total. The molecule has 0 aliphatic rings. The van der Waals surface area contributed by atoms with Gasteiger partial charge < -0.3 is 5.32 Å². The molecule has 1 atom stereocenters. The number of thiophene rings is 1. The molecule has 0 aliphatic carbocycles. The lowest BCUT2D eigenvalue weighted by molar-refractivity contribution is 0.245. The summed E-state index contributed by atoms with van der Waals surface area (Å²) in [4.78, 5) is 1.51. The summed E-state index contributed by atoms with van der Waals surface area (Å²) >= 11 is 1.88. The highest BCUT2D eigenvalue weighted by atomic mass is 32.1. The minimum atomic E-state index is 0.213. The topological polar surface area (TPSA) is 12.0 Å². The van der Waals surface area contributed by atoms with E-state index in [-0.39, 0.29) is 5.54 Å². The van der Waals surface area contributed by atoms with Crippen molar-refractivity contribution in [3.8, 4) is 0 Å². The summed E-state index contributed by atoms with van der Waals surface area (Å²) in [5.41, 5.74) is 0.595. The molecule has 0 saturated heterocycles. The van der Waals surface area contributed by atoms with Gasteiger partial charge in [-0.15, -0.1) is 11.3 Å². The van der Waals surface area contributed by atoms with Crippen LogP contribution in [-0.2, 0) is 6.42 Å². The van der Waals surface area contributed by atoms with Gasteiger partial charge >= 0.3 is 0 Å². The highest BCUT2D eigenvalue weighted by Gasteiger charge is 2.26. The van der Waals surface area contributed by atoms with Crippen molar-refractivity contribution in [2.45, 2.75) is 59.4 Å². The molecule has 1 nitrogen and oxygen atoms in total. The minimum Gasteiger partial charge on any atom is -0.312 e. The van der Waals surface area contributed by atoms with Crippen molar-refractivity contribution in [2.75, 3.05) is 6.54 Å². The van der Waals surface area contributed by atoms with E-state index in [1.807, 2.05) is 11.3 Å². The van der Waals surface area contributed by atoms with Crippen molar-refractivity contribution in [1.29, 1.82) is 0 Å². The number of nitrogens with one attached hydrogen (secondary N) is 1. The molecule has 1 unspecified atom stereocenters. The van der Waals surface area contributed by atoms with Crippen LogP contribution in [0.3, 0.4) is 0 Å². The predicted molar refractivity (Wildman–Crippen MR) is 78.8 cm³/mol. The molecular weight excluding hydrogens is 226 g/mol. The van der Waals surface area contributed by atoms with E-state index < -0.39 is 0 Å². The molecule has 17 heavy (non-hydrogen) atoms. The maximum Gasteiger partial charge on any atom is 0.00967 e. The molecule has 98 valence electrons. The first kappa shape index (κ1) is 14.7. The van der Waals surface area contributed by atoms with Crippen LogP contribution in [0.1, 0.15) is 52.3 Å². The Labute approximate surface area is 111 Å². The lowest BCUT2D eigenvalue weighted by Gasteiger charge is -2.33. The Hall–Kier alpha value is -0.340. The molecule has 0 aliphatic heterocycles. The van der Waals surface area contributed by atoms with Crippen LogP contribution in [0.15, 0.2) is 17.5 Å². The fourth-order valence-corrected chi connectivity index (χ4v) is 3.08. The van der Waals surface area contributed by atoms with Crippen LogP contribution >= 0.6 is 11.3 Å². The highest BCUT2D eigenvalue weighted by molar-refractivity contribution is 7.09. The van der Waals surface area contributed by atoms with Gasteiger partial charge in [0.25, 0.3) is 0 Å². The molecule has 0 spiro atoms. The number of rotatable bonds is 6. The van der Waals surface area contributed by atoms with E-state index in [4.69, 9.17) is 0 Å². The largest absolute Gasteiger partial charge is 0.312 e. The second kappa shape index (κ2) is 6.01. The first-order valence-corrected chi connectivity index (χ1v) is 7.50. The van der Waals surface area contributed by atoms with E-state index in [1.165, 1.54) is 24.1 Å². The summed E-state index contributed by atoms with van der Waals surface area (Å²) in [6, 6.07) is 4.42. The van der Waals surface area contributed by atoms with Crippen LogP contribution in [0.5, 0.6) is 0 Å². The fourth-order valence-electron chi connectivity index (χ4n) is 2.16. The second-order valence-electron chi connectivity index (χ2n) is 6.42. The number of hydrogen-bond donors (Lipinski definition) is 1. The van der Waals surface area contributed by atoms with Crippen LogP contribution in [0.2, 0.25) is 0 Å². The molecule has 1 heterocycles. The summed E-state index contributed by atoms with van der Waals surface area (Å²) in [7, 11) is 0. The zero-order chi connectivity index (χ0) is 12.9. The van der Waals surface area contributed by atoms with Gasteiger partial charge in [-0.25, -0.2) is 0 Å². The fraction of sp³-hybridized carbons (Fsp3) is 0.733. The highest BCUT2D eigenvalue weighted by Crippen LogP contribution is 2.30. The summed E-state index contributed by atoms with van der Waals surface area (Å²) in [5, 5.41) is 5.84. The molecule has 1 aromatic heterocycles. The van der Waals surface area contributed by atoms with Gasteiger partial charge in [-0.2, -0.15) is 0 Å². The van der Waals surface area contributed by atoms with Crippen LogP contribution in [0.4, 0.5) is 0 Å². The maximum atomic E-state index is 3.66. The molecule has 0 saturated carbocycles. The first-order valence-electron chi connectivity index (χ1n) is 6.62. The van der Waals surface area contributed by atoms with Crippen LogP contribution < -0.4 is 5.32 Å². The summed E-state index contributed by atoms with van der Waals surface area (Å²) < 4.78 is 0. The van der Waals surface area contributed by atoms with E-state index >= 15 is 0 Å². The molecule has 1 rings (SSSR count). The SMILES string of the molecule is CCCC(C)(CNC(C)(C)C)Cc1cccs1. The van der Waals surface area contributed by atoms with Crippen molar-refractivity contribution in [1.82, 2.24) is 5.32 Å². The second-order valence-corrected chi connectivity index (χ2v) is 7.45. The molecule has 0 aromatic carbocycles. The van der Waals surface area contributed by atoms with Gasteiger partial charge in [-0.05, 0) is 50.5 Å². The van der Waals surface area contributed by atoms with Gasteiger partial charge in [-0.3, -0.25) is 0 Å². The van der Waals surface area contributed by atoms with Gasteiger partial charge in [-0.1, -0.05) is 26.3 Å².